The molecule has 3 rings (SSSR count). The molecule has 0 radical (unpaired) electrons. The zero-order chi connectivity index (χ0) is 21.9. The van der Waals surface area contributed by atoms with Crippen molar-refractivity contribution in [2.75, 3.05) is 18.4 Å². The van der Waals surface area contributed by atoms with Crippen molar-refractivity contribution in [2.45, 2.75) is 13.3 Å². The van der Waals surface area contributed by atoms with Gasteiger partial charge in [-0.25, -0.2) is 18.9 Å². The van der Waals surface area contributed by atoms with Gasteiger partial charge in [0.25, 0.3) is 10.2 Å². The average molecular weight is 433 g/mol. The Morgan fingerprint density at radius 1 is 1.33 bits per heavy atom. The van der Waals surface area contributed by atoms with E-state index < -0.39 is 27.5 Å². The molecule has 2 N–H and O–H groups in total. The molecule has 0 saturated carbocycles. The fraction of sp³-hybridized carbons (Fsp3) is 0.200. The number of rotatable bonds is 8. The maximum Gasteiger partial charge on any atom is 0.340 e. The highest BCUT2D eigenvalue weighted by Crippen LogP contribution is 2.26. The van der Waals surface area contributed by atoms with Gasteiger partial charge in [-0.1, -0.05) is 12.7 Å². The number of pyridine rings is 1. The molecule has 0 amide bonds. The summed E-state index contributed by atoms with van der Waals surface area (Å²) in [5, 5.41) is 0.682. The van der Waals surface area contributed by atoms with Crippen molar-refractivity contribution in [1.82, 2.24) is 9.71 Å². The highest BCUT2D eigenvalue weighted by molar-refractivity contribution is 7.90. The summed E-state index contributed by atoms with van der Waals surface area (Å²) < 4.78 is 52.9. The predicted molar refractivity (Wildman–Crippen MR) is 112 cm³/mol. The summed E-state index contributed by atoms with van der Waals surface area (Å²) in [5.41, 5.74) is 0.717. The zero-order valence-corrected chi connectivity index (χ0v) is 17.2. The summed E-state index contributed by atoms with van der Waals surface area (Å²) >= 11 is 0. The quantitative estimate of drug-likeness (QED) is 0.417. The second-order valence-corrected chi connectivity index (χ2v) is 7.99. The molecule has 3 aromatic rings. The number of nitrogens with one attached hydrogen (secondary N) is 2. The molecule has 0 aliphatic rings. The van der Waals surface area contributed by atoms with Crippen LogP contribution in [0.4, 0.5) is 10.2 Å². The molecule has 30 heavy (non-hydrogen) atoms. The number of aryl methyl sites for hydroxylation is 1. The van der Waals surface area contributed by atoms with Crippen molar-refractivity contribution in [2.24, 2.45) is 0 Å². The molecule has 10 heteroatoms. The third kappa shape index (κ3) is 4.50. The van der Waals surface area contributed by atoms with E-state index in [1.165, 1.54) is 19.3 Å². The van der Waals surface area contributed by atoms with Crippen molar-refractivity contribution in [3.05, 3.63) is 76.0 Å². The Balaban J connectivity index is 2.00. The molecule has 8 nitrogen and oxygen atoms in total. The van der Waals surface area contributed by atoms with Crippen LogP contribution >= 0.6 is 0 Å². The van der Waals surface area contributed by atoms with Crippen molar-refractivity contribution < 1.29 is 22.0 Å². The number of halogens is 1. The molecule has 0 saturated heterocycles. The Morgan fingerprint density at radius 2 is 2.10 bits per heavy atom. The van der Waals surface area contributed by atoms with E-state index in [-0.39, 0.29) is 17.5 Å². The third-order valence-corrected chi connectivity index (χ3v) is 5.46. The summed E-state index contributed by atoms with van der Waals surface area (Å²) in [5.74, 6) is -0.809. The molecule has 0 aliphatic heterocycles. The van der Waals surface area contributed by atoms with Gasteiger partial charge in [-0.2, -0.15) is 8.42 Å². The molecule has 0 spiro atoms. The van der Waals surface area contributed by atoms with Crippen LogP contribution in [0.15, 0.2) is 52.3 Å². The molecule has 0 atom stereocenters. The van der Waals surface area contributed by atoms with Crippen LogP contribution in [0.1, 0.15) is 16.7 Å². The number of hydrogen-bond donors (Lipinski definition) is 2. The van der Waals surface area contributed by atoms with Gasteiger partial charge in [0, 0.05) is 36.7 Å². The largest absolute Gasteiger partial charge is 0.489 e. The molecule has 0 unspecified atom stereocenters. The third-order valence-electron chi connectivity index (χ3n) is 4.46. The second-order valence-electron chi connectivity index (χ2n) is 6.37. The van der Waals surface area contributed by atoms with Crippen LogP contribution in [-0.2, 0) is 16.6 Å². The van der Waals surface area contributed by atoms with Crippen LogP contribution in [0.3, 0.4) is 0 Å². The molecular formula is C20H20FN3O5S. The molecule has 2 heterocycles. The van der Waals surface area contributed by atoms with E-state index in [0.29, 0.717) is 28.9 Å². The van der Waals surface area contributed by atoms with Crippen LogP contribution in [0.25, 0.3) is 11.0 Å². The smallest absolute Gasteiger partial charge is 0.340 e. The predicted octanol–water partition coefficient (Wildman–Crippen LogP) is 2.67. The van der Waals surface area contributed by atoms with Crippen molar-refractivity contribution in [3.8, 4) is 5.75 Å². The number of ether oxygens (including phenoxy) is 1. The lowest BCUT2D eigenvalue weighted by molar-refractivity contribution is 0.363. The summed E-state index contributed by atoms with van der Waals surface area (Å²) in [7, 11) is -2.76. The van der Waals surface area contributed by atoms with E-state index in [1.807, 2.05) is 9.44 Å². The Kier molecular flexibility index (Phi) is 6.18. The molecule has 158 valence electrons. The van der Waals surface area contributed by atoms with Crippen LogP contribution in [0.2, 0.25) is 0 Å². The molecule has 0 fully saturated rings. The molecule has 0 bridgehead atoms. The van der Waals surface area contributed by atoms with Crippen LogP contribution in [-0.4, -0.2) is 27.1 Å². The summed E-state index contributed by atoms with van der Waals surface area (Å²) in [6.45, 7) is 5.63. The normalized spacial score (nSPS) is 11.4. The van der Waals surface area contributed by atoms with Gasteiger partial charge < -0.3 is 9.15 Å². The van der Waals surface area contributed by atoms with E-state index in [0.717, 1.165) is 0 Å². The lowest BCUT2D eigenvalue weighted by Crippen LogP contribution is -2.27. The zero-order valence-electron chi connectivity index (χ0n) is 16.4. The SMILES string of the molecule is C=CCOc1ccc2c(C)c(Cc3ccnc(NS(=O)(=O)NC)c3F)c(=O)oc2c1. The number of anilines is 1. The van der Waals surface area contributed by atoms with Gasteiger partial charge in [0.05, 0.1) is 0 Å². The summed E-state index contributed by atoms with van der Waals surface area (Å²) in [6.07, 6.45) is 2.76. The van der Waals surface area contributed by atoms with Gasteiger partial charge in [0.2, 0.25) is 0 Å². The van der Waals surface area contributed by atoms with Gasteiger partial charge in [-0.05, 0) is 36.2 Å². The topological polar surface area (TPSA) is 111 Å². The van der Waals surface area contributed by atoms with Crippen molar-refractivity contribution >= 4 is 27.0 Å². The minimum absolute atomic E-state index is 0.0958. The van der Waals surface area contributed by atoms with Crippen LogP contribution in [0, 0.1) is 12.7 Å². The van der Waals surface area contributed by atoms with Gasteiger partial charge in [-0.15, -0.1) is 0 Å². The second kappa shape index (κ2) is 8.64. The van der Waals surface area contributed by atoms with Crippen molar-refractivity contribution in [3.63, 3.8) is 0 Å². The average Bonchev–Trinajstić information content (AvgIpc) is 2.71. The van der Waals surface area contributed by atoms with Gasteiger partial charge in [0.15, 0.2) is 11.6 Å². The summed E-state index contributed by atoms with van der Waals surface area (Å²) in [6, 6.07) is 6.47. The fourth-order valence-corrected chi connectivity index (χ4v) is 3.38. The number of aromatic nitrogens is 1. The first-order chi connectivity index (χ1) is 14.3. The number of nitrogens with zero attached hydrogens (tertiary/aromatic N) is 1. The van der Waals surface area contributed by atoms with Crippen LogP contribution < -0.4 is 19.8 Å². The van der Waals surface area contributed by atoms with Gasteiger partial charge in [0.1, 0.15) is 17.9 Å². The Morgan fingerprint density at radius 3 is 2.80 bits per heavy atom. The maximum absolute atomic E-state index is 14.8. The minimum atomic E-state index is -3.94. The fourth-order valence-electron chi connectivity index (χ4n) is 2.88. The Hall–Kier alpha value is -3.24. The first-order valence-electron chi connectivity index (χ1n) is 8.90. The standard InChI is InChI=1S/C20H20FN3O5S/c1-4-9-28-14-5-6-15-12(2)16(20(25)29-17(15)11-14)10-13-7-8-23-19(18(13)21)24-30(26,27)22-3/h4-8,11,22H,1,9-10H2,2-3H3,(H,23,24). The number of hydrogen-bond acceptors (Lipinski definition) is 6. The van der Waals surface area contributed by atoms with E-state index in [1.54, 1.807) is 31.2 Å². The highest BCUT2D eigenvalue weighted by atomic mass is 32.2. The minimum Gasteiger partial charge on any atom is -0.489 e. The first kappa shape index (κ1) is 21.5. The van der Waals surface area contributed by atoms with E-state index in [9.17, 15) is 17.6 Å². The highest BCUT2D eigenvalue weighted by Gasteiger charge is 2.18. The number of benzene rings is 1. The monoisotopic (exact) mass is 433 g/mol. The maximum atomic E-state index is 14.8. The van der Waals surface area contributed by atoms with E-state index >= 15 is 0 Å². The van der Waals surface area contributed by atoms with E-state index in [2.05, 4.69) is 11.6 Å². The number of fused-ring (bicyclic) bond motifs is 1. The Labute approximate surface area is 172 Å². The lowest BCUT2D eigenvalue weighted by Gasteiger charge is -2.12. The lowest BCUT2D eigenvalue weighted by atomic mass is 10.00. The summed E-state index contributed by atoms with van der Waals surface area (Å²) in [4.78, 5) is 16.3. The van der Waals surface area contributed by atoms with Crippen molar-refractivity contribution in [1.29, 1.82) is 0 Å². The molecular weight excluding hydrogens is 413 g/mol. The molecule has 2 aromatic heterocycles. The van der Waals surface area contributed by atoms with Gasteiger partial charge >= 0.3 is 5.63 Å². The Bertz CT molecular complexity index is 1270. The van der Waals surface area contributed by atoms with E-state index in [4.69, 9.17) is 9.15 Å². The van der Waals surface area contributed by atoms with Crippen LogP contribution in [0.5, 0.6) is 5.75 Å². The molecule has 0 aliphatic carbocycles. The molecule has 1 aromatic carbocycles. The van der Waals surface area contributed by atoms with Gasteiger partial charge in [-0.3, -0.25) is 4.72 Å². The first-order valence-corrected chi connectivity index (χ1v) is 10.4.